The smallest absolute Gasteiger partial charge is 0.173 e. The van der Waals surface area contributed by atoms with Crippen molar-refractivity contribution in [2.24, 2.45) is 0 Å². The van der Waals surface area contributed by atoms with Crippen molar-refractivity contribution in [2.45, 2.75) is 13.5 Å². The zero-order valence-electron chi connectivity index (χ0n) is 10.8. The lowest BCUT2D eigenvalue weighted by molar-refractivity contribution is 0.403. The highest BCUT2D eigenvalue weighted by Gasteiger charge is 2.08. The molecule has 3 nitrogen and oxygen atoms in total. The van der Waals surface area contributed by atoms with E-state index in [0.29, 0.717) is 16.7 Å². The quantitative estimate of drug-likeness (QED) is 0.864. The standard InChI is InChI=1S/C14H15ClN2OS/c1-10-3-8-13(18-10)9-17(2)14(19)16-12-6-4-11(15)5-7-12/h3-8H,9H2,1-2H3,(H,16,19). The summed E-state index contributed by atoms with van der Waals surface area (Å²) in [6.07, 6.45) is 0. The van der Waals surface area contributed by atoms with Crippen molar-refractivity contribution in [1.82, 2.24) is 4.90 Å². The molecule has 0 bridgehead atoms. The number of hydrogen-bond donors (Lipinski definition) is 1. The van der Waals surface area contributed by atoms with Crippen LogP contribution in [-0.2, 0) is 6.54 Å². The third-order valence-electron chi connectivity index (χ3n) is 2.63. The highest BCUT2D eigenvalue weighted by atomic mass is 35.5. The van der Waals surface area contributed by atoms with Crippen LogP contribution in [0.3, 0.4) is 0 Å². The first-order valence-corrected chi connectivity index (χ1v) is 6.66. The molecule has 2 rings (SSSR count). The van der Waals surface area contributed by atoms with Crippen LogP contribution in [0.15, 0.2) is 40.8 Å². The van der Waals surface area contributed by atoms with Crippen LogP contribution in [-0.4, -0.2) is 17.1 Å². The second-order valence-electron chi connectivity index (χ2n) is 4.31. The molecule has 19 heavy (non-hydrogen) atoms. The summed E-state index contributed by atoms with van der Waals surface area (Å²) >= 11 is 11.2. The summed E-state index contributed by atoms with van der Waals surface area (Å²) in [7, 11) is 1.92. The first-order chi connectivity index (χ1) is 9.04. The molecule has 100 valence electrons. The molecular formula is C14H15ClN2OS. The van der Waals surface area contributed by atoms with E-state index in [1.54, 1.807) is 0 Å². The Morgan fingerprint density at radius 3 is 2.53 bits per heavy atom. The first-order valence-electron chi connectivity index (χ1n) is 5.87. The Kier molecular flexibility index (Phi) is 4.45. The summed E-state index contributed by atoms with van der Waals surface area (Å²) in [5, 5.41) is 4.49. The van der Waals surface area contributed by atoms with Crippen LogP contribution in [0.5, 0.6) is 0 Å². The van der Waals surface area contributed by atoms with Gasteiger partial charge in [-0.1, -0.05) is 11.6 Å². The summed E-state index contributed by atoms with van der Waals surface area (Å²) in [5.74, 6) is 1.79. The van der Waals surface area contributed by atoms with Gasteiger partial charge in [0.1, 0.15) is 11.5 Å². The van der Waals surface area contributed by atoms with Gasteiger partial charge in [0.2, 0.25) is 0 Å². The SMILES string of the molecule is Cc1ccc(CN(C)C(=S)Nc2ccc(Cl)cc2)o1. The van der Waals surface area contributed by atoms with E-state index < -0.39 is 0 Å². The molecule has 0 unspecified atom stereocenters. The number of hydrogen-bond acceptors (Lipinski definition) is 2. The number of thiocarbonyl (C=S) groups is 1. The third-order valence-corrected chi connectivity index (χ3v) is 3.30. The van der Waals surface area contributed by atoms with Gasteiger partial charge in [0.05, 0.1) is 6.54 Å². The molecule has 0 amide bonds. The molecule has 0 saturated heterocycles. The molecule has 1 aromatic carbocycles. The van der Waals surface area contributed by atoms with Crippen molar-refractivity contribution in [3.63, 3.8) is 0 Å². The largest absolute Gasteiger partial charge is 0.464 e. The molecule has 0 aliphatic heterocycles. The van der Waals surface area contributed by atoms with Gasteiger partial charge in [-0.2, -0.15) is 0 Å². The van der Waals surface area contributed by atoms with E-state index in [4.69, 9.17) is 28.2 Å². The topological polar surface area (TPSA) is 28.4 Å². The molecule has 1 N–H and O–H groups in total. The lowest BCUT2D eigenvalue weighted by Gasteiger charge is -2.19. The molecule has 0 saturated carbocycles. The number of halogens is 1. The fraction of sp³-hybridized carbons (Fsp3) is 0.214. The van der Waals surface area contributed by atoms with Gasteiger partial charge in [0.25, 0.3) is 0 Å². The lowest BCUT2D eigenvalue weighted by Crippen LogP contribution is -2.30. The Balaban J connectivity index is 1.94. The Labute approximate surface area is 123 Å². The van der Waals surface area contributed by atoms with Gasteiger partial charge in [-0.3, -0.25) is 0 Å². The molecule has 0 spiro atoms. The van der Waals surface area contributed by atoms with Crippen molar-refractivity contribution < 1.29 is 4.42 Å². The molecule has 0 aliphatic rings. The molecule has 2 aromatic rings. The molecule has 1 aromatic heterocycles. The number of furan rings is 1. The molecule has 1 heterocycles. The summed E-state index contributed by atoms with van der Waals surface area (Å²) in [6.45, 7) is 2.56. The van der Waals surface area contributed by atoms with Gasteiger partial charge in [-0.15, -0.1) is 0 Å². The Morgan fingerprint density at radius 2 is 1.95 bits per heavy atom. The van der Waals surface area contributed by atoms with Gasteiger partial charge < -0.3 is 14.6 Å². The van der Waals surface area contributed by atoms with Gasteiger partial charge in [0, 0.05) is 17.8 Å². The van der Waals surface area contributed by atoms with Gasteiger partial charge in [0.15, 0.2) is 5.11 Å². The highest BCUT2D eigenvalue weighted by Crippen LogP contribution is 2.14. The number of nitrogens with zero attached hydrogens (tertiary/aromatic N) is 1. The average Bonchev–Trinajstić information content (AvgIpc) is 2.77. The maximum atomic E-state index is 5.84. The van der Waals surface area contributed by atoms with E-state index >= 15 is 0 Å². The van der Waals surface area contributed by atoms with Crippen LogP contribution in [0.4, 0.5) is 5.69 Å². The summed E-state index contributed by atoms with van der Waals surface area (Å²) in [4.78, 5) is 1.92. The molecule has 0 atom stereocenters. The minimum atomic E-state index is 0.632. The maximum Gasteiger partial charge on any atom is 0.173 e. The number of aryl methyl sites for hydroxylation is 1. The predicted molar refractivity (Wildman–Crippen MR) is 82.6 cm³/mol. The third kappa shape index (κ3) is 3.98. The molecule has 5 heteroatoms. The van der Waals surface area contributed by atoms with Crippen molar-refractivity contribution in [3.8, 4) is 0 Å². The van der Waals surface area contributed by atoms with Crippen molar-refractivity contribution in [2.75, 3.05) is 12.4 Å². The fourth-order valence-corrected chi connectivity index (χ4v) is 1.94. The number of anilines is 1. The van der Waals surface area contributed by atoms with Crippen LogP contribution < -0.4 is 5.32 Å². The van der Waals surface area contributed by atoms with Crippen LogP contribution in [0.25, 0.3) is 0 Å². The van der Waals surface area contributed by atoms with Crippen LogP contribution in [0.2, 0.25) is 5.02 Å². The summed E-state index contributed by atoms with van der Waals surface area (Å²) in [6, 6.07) is 11.3. The number of benzene rings is 1. The average molecular weight is 295 g/mol. The second-order valence-corrected chi connectivity index (χ2v) is 5.13. The number of rotatable bonds is 3. The summed E-state index contributed by atoms with van der Waals surface area (Å²) in [5.41, 5.74) is 0.914. The van der Waals surface area contributed by atoms with Gasteiger partial charge in [-0.05, 0) is 55.5 Å². The fourth-order valence-electron chi connectivity index (χ4n) is 1.63. The van der Waals surface area contributed by atoms with E-state index in [9.17, 15) is 0 Å². The molecular weight excluding hydrogens is 280 g/mol. The first kappa shape index (κ1) is 13.9. The molecule has 0 fully saturated rings. The lowest BCUT2D eigenvalue weighted by atomic mass is 10.3. The second kappa shape index (κ2) is 6.08. The molecule has 0 radical (unpaired) electrons. The minimum absolute atomic E-state index is 0.632. The van der Waals surface area contributed by atoms with E-state index in [0.717, 1.165) is 17.2 Å². The van der Waals surface area contributed by atoms with E-state index in [2.05, 4.69) is 5.32 Å². The monoisotopic (exact) mass is 294 g/mol. The number of nitrogens with one attached hydrogen (secondary N) is 1. The van der Waals surface area contributed by atoms with E-state index in [1.807, 2.05) is 55.3 Å². The zero-order valence-corrected chi connectivity index (χ0v) is 12.4. The zero-order chi connectivity index (χ0) is 13.8. The maximum absolute atomic E-state index is 5.84. The Morgan fingerprint density at radius 1 is 1.26 bits per heavy atom. The van der Waals surface area contributed by atoms with Crippen molar-refractivity contribution >= 4 is 34.6 Å². The van der Waals surface area contributed by atoms with Crippen LogP contribution >= 0.6 is 23.8 Å². The van der Waals surface area contributed by atoms with Crippen LogP contribution in [0.1, 0.15) is 11.5 Å². The summed E-state index contributed by atoms with van der Waals surface area (Å²) < 4.78 is 5.52. The highest BCUT2D eigenvalue weighted by molar-refractivity contribution is 7.80. The van der Waals surface area contributed by atoms with E-state index in [1.165, 1.54) is 0 Å². The minimum Gasteiger partial charge on any atom is -0.464 e. The Hall–Kier alpha value is -1.52. The van der Waals surface area contributed by atoms with Gasteiger partial charge >= 0.3 is 0 Å². The van der Waals surface area contributed by atoms with Crippen LogP contribution in [0, 0.1) is 6.92 Å². The van der Waals surface area contributed by atoms with E-state index in [-0.39, 0.29) is 0 Å². The van der Waals surface area contributed by atoms with Crippen molar-refractivity contribution in [3.05, 3.63) is 52.9 Å². The predicted octanol–water partition coefficient (Wildman–Crippen LogP) is 4.07. The van der Waals surface area contributed by atoms with Gasteiger partial charge in [-0.25, -0.2) is 0 Å². The van der Waals surface area contributed by atoms with Crippen molar-refractivity contribution in [1.29, 1.82) is 0 Å². The Bertz CT molecular complexity index is 565. The normalized spacial score (nSPS) is 10.3. The molecule has 0 aliphatic carbocycles.